The van der Waals surface area contributed by atoms with Crippen LogP contribution in [-0.2, 0) is 0 Å². The Morgan fingerprint density at radius 2 is 2.21 bits per heavy atom. The minimum Gasteiger partial charge on any atom is -0.346 e. The number of amides is 1. The van der Waals surface area contributed by atoms with E-state index in [9.17, 15) is 4.79 Å². The van der Waals surface area contributed by atoms with Crippen LogP contribution < -0.4 is 11.1 Å². The van der Waals surface area contributed by atoms with Gasteiger partial charge in [0.25, 0.3) is 5.91 Å². The first-order valence-corrected chi connectivity index (χ1v) is 7.63. The molecule has 19 heavy (non-hydrogen) atoms. The van der Waals surface area contributed by atoms with Gasteiger partial charge in [-0.05, 0) is 46.8 Å². The summed E-state index contributed by atoms with van der Waals surface area (Å²) in [6.07, 6.45) is 7.72. The third-order valence-corrected chi connectivity index (χ3v) is 4.40. The summed E-state index contributed by atoms with van der Waals surface area (Å²) < 4.78 is 0.715. The number of carbonyl (C=O) groups excluding carboxylic acids is 1. The molecule has 5 heteroatoms. The molecule has 2 rings (SSSR count). The van der Waals surface area contributed by atoms with Gasteiger partial charge in [-0.25, -0.2) is 4.98 Å². The summed E-state index contributed by atoms with van der Waals surface area (Å²) in [7, 11) is 0. The average molecular weight is 326 g/mol. The Labute approximate surface area is 122 Å². The van der Waals surface area contributed by atoms with Crippen LogP contribution in [0.1, 0.15) is 42.6 Å². The minimum absolute atomic E-state index is 0.0571. The summed E-state index contributed by atoms with van der Waals surface area (Å²) in [6, 6.07) is 3.67. The van der Waals surface area contributed by atoms with E-state index in [1.54, 1.807) is 12.3 Å². The number of nitrogens with zero attached hydrogens (tertiary/aromatic N) is 1. The van der Waals surface area contributed by atoms with Crippen molar-refractivity contribution >= 4 is 21.8 Å². The van der Waals surface area contributed by atoms with Gasteiger partial charge in [0.05, 0.1) is 0 Å². The number of rotatable bonds is 4. The molecule has 1 aliphatic carbocycles. The van der Waals surface area contributed by atoms with Crippen LogP contribution in [0.3, 0.4) is 0 Å². The number of pyridine rings is 1. The first-order chi connectivity index (χ1) is 9.22. The van der Waals surface area contributed by atoms with E-state index in [1.807, 2.05) is 6.07 Å². The third-order valence-electron chi connectivity index (χ3n) is 3.76. The van der Waals surface area contributed by atoms with Crippen LogP contribution in [0, 0.1) is 5.92 Å². The maximum Gasteiger partial charge on any atom is 0.271 e. The summed E-state index contributed by atoms with van der Waals surface area (Å²) >= 11 is 3.35. The highest BCUT2D eigenvalue weighted by Crippen LogP contribution is 2.26. The lowest BCUT2D eigenvalue weighted by Crippen LogP contribution is -2.46. The molecule has 1 heterocycles. The van der Waals surface area contributed by atoms with Crippen LogP contribution in [0.25, 0.3) is 0 Å². The molecule has 1 fully saturated rings. The zero-order valence-electron chi connectivity index (χ0n) is 10.9. The van der Waals surface area contributed by atoms with E-state index in [1.165, 1.54) is 19.3 Å². The molecule has 0 saturated heterocycles. The molecule has 0 bridgehead atoms. The quantitative estimate of drug-likeness (QED) is 0.893. The van der Waals surface area contributed by atoms with E-state index in [-0.39, 0.29) is 11.9 Å². The molecule has 0 aromatic carbocycles. The van der Waals surface area contributed by atoms with Gasteiger partial charge in [0, 0.05) is 23.3 Å². The molecular weight excluding hydrogens is 306 g/mol. The maximum absolute atomic E-state index is 12.2. The SMILES string of the molecule is NCC(NC(=O)c1ncccc1Br)C1CCCCC1. The van der Waals surface area contributed by atoms with Gasteiger partial charge >= 0.3 is 0 Å². The fourth-order valence-corrected chi connectivity index (χ4v) is 3.13. The van der Waals surface area contributed by atoms with Crippen LogP contribution in [0.4, 0.5) is 0 Å². The van der Waals surface area contributed by atoms with Gasteiger partial charge in [-0.15, -0.1) is 0 Å². The van der Waals surface area contributed by atoms with E-state index in [0.29, 0.717) is 22.6 Å². The van der Waals surface area contributed by atoms with Crippen molar-refractivity contribution in [2.45, 2.75) is 38.1 Å². The van der Waals surface area contributed by atoms with Crippen molar-refractivity contribution in [1.29, 1.82) is 0 Å². The van der Waals surface area contributed by atoms with Gasteiger partial charge in [-0.2, -0.15) is 0 Å². The maximum atomic E-state index is 12.2. The van der Waals surface area contributed by atoms with Gasteiger partial charge in [-0.3, -0.25) is 4.79 Å². The third kappa shape index (κ3) is 3.76. The Bertz CT molecular complexity index is 432. The summed E-state index contributed by atoms with van der Waals surface area (Å²) in [5, 5.41) is 3.04. The molecular formula is C14H20BrN3O. The predicted molar refractivity (Wildman–Crippen MR) is 78.8 cm³/mol. The summed E-state index contributed by atoms with van der Waals surface area (Å²) in [4.78, 5) is 16.3. The molecule has 104 valence electrons. The first-order valence-electron chi connectivity index (χ1n) is 6.84. The van der Waals surface area contributed by atoms with Crippen LogP contribution in [0.15, 0.2) is 22.8 Å². The molecule has 0 aliphatic heterocycles. The number of nitrogens with two attached hydrogens (primary N) is 1. The fraction of sp³-hybridized carbons (Fsp3) is 0.571. The molecule has 1 amide bonds. The standard InChI is InChI=1S/C14H20BrN3O/c15-11-7-4-8-17-13(11)14(19)18-12(9-16)10-5-2-1-3-6-10/h4,7-8,10,12H,1-3,5-6,9,16H2,(H,18,19). The van der Waals surface area contributed by atoms with E-state index >= 15 is 0 Å². The van der Waals surface area contributed by atoms with E-state index < -0.39 is 0 Å². The van der Waals surface area contributed by atoms with Gasteiger partial charge in [-0.1, -0.05) is 19.3 Å². The Kier molecular flexibility index (Phi) is 5.34. The number of aromatic nitrogens is 1. The van der Waals surface area contributed by atoms with Gasteiger partial charge in [0.2, 0.25) is 0 Å². The summed E-state index contributed by atoms with van der Waals surface area (Å²) in [5.74, 6) is 0.360. The minimum atomic E-state index is -0.145. The highest BCUT2D eigenvalue weighted by atomic mass is 79.9. The highest BCUT2D eigenvalue weighted by molar-refractivity contribution is 9.10. The molecule has 1 aliphatic rings. The molecule has 4 nitrogen and oxygen atoms in total. The van der Waals surface area contributed by atoms with Gasteiger partial charge in [0.15, 0.2) is 0 Å². The Hall–Kier alpha value is -0.940. The van der Waals surface area contributed by atoms with Gasteiger partial charge < -0.3 is 11.1 Å². The largest absolute Gasteiger partial charge is 0.346 e. The second-order valence-corrected chi connectivity index (χ2v) is 5.90. The number of carbonyl (C=O) groups is 1. The fourth-order valence-electron chi connectivity index (χ4n) is 2.70. The normalized spacial score (nSPS) is 18.0. The summed E-state index contributed by atoms with van der Waals surface area (Å²) in [6.45, 7) is 0.487. The van der Waals surface area contributed by atoms with Crippen molar-refractivity contribution in [2.24, 2.45) is 11.7 Å². The van der Waals surface area contributed by atoms with Crippen LogP contribution in [0.2, 0.25) is 0 Å². The zero-order chi connectivity index (χ0) is 13.7. The average Bonchev–Trinajstić information content (AvgIpc) is 2.46. The molecule has 1 saturated carbocycles. The number of halogens is 1. The van der Waals surface area contributed by atoms with Crippen molar-refractivity contribution in [2.75, 3.05) is 6.54 Å². The van der Waals surface area contributed by atoms with Crippen LogP contribution in [-0.4, -0.2) is 23.5 Å². The molecule has 0 spiro atoms. The zero-order valence-corrected chi connectivity index (χ0v) is 12.5. The second-order valence-electron chi connectivity index (χ2n) is 5.05. The Morgan fingerprint density at radius 1 is 1.47 bits per heavy atom. The molecule has 0 radical (unpaired) electrons. The molecule has 1 unspecified atom stereocenters. The van der Waals surface area contributed by atoms with Crippen molar-refractivity contribution in [3.05, 3.63) is 28.5 Å². The van der Waals surface area contributed by atoms with E-state index in [0.717, 1.165) is 12.8 Å². The Balaban J connectivity index is 2.01. The van der Waals surface area contributed by atoms with Crippen molar-refractivity contribution in [1.82, 2.24) is 10.3 Å². The van der Waals surface area contributed by atoms with Crippen LogP contribution in [0.5, 0.6) is 0 Å². The Morgan fingerprint density at radius 3 is 2.84 bits per heavy atom. The molecule has 3 N–H and O–H groups in total. The van der Waals surface area contributed by atoms with Crippen molar-refractivity contribution in [3.63, 3.8) is 0 Å². The lowest BCUT2D eigenvalue weighted by atomic mass is 9.84. The van der Waals surface area contributed by atoms with Crippen molar-refractivity contribution in [3.8, 4) is 0 Å². The smallest absolute Gasteiger partial charge is 0.271 e. The lowest BCUT2D eigenvalue weighted by molar-refractivity contribution is 0.0909. The second kappa shape index (κ2) is 7.01. The monoisotopic (exact) mass is 325 g/mol. The lowest BCUT2D eigenvalue weighted by Gasteiger charge is -2.30. The van der Waals surface area contributed by atoms with E-state index in [2.05, 4.69) is 26.2 Å². The topological polar surface area (TPSA) is 68.0 Å². The first kappa shape index (κ1) is 14.5. The highest BCUT2D eigenvalue weighted by Gasteiger charge is 2.25. The van der Waals surface area contributed by atoms with Crippen molar-refractivity contribution < 1.29 is 4.79 Å². The van der Waals surface area contributed by atoms with E-state index in [4.69, 9.17) is 5.73 Å². The number of nitrogens with one attached hydrogen (secondary N) is 1. The number of hydrogen-bond donors (Lipinski definition) is 2. The summed E-state index contributed by atoms with van der Waals surface area (Å²) in [5.41, 5.74) is 6.25. The molecule has 1 aromatic heterocycles. The molecule has 1 atom stereocenters. The number of hydrogen-bond acceptors (Lipinski definition) is 3. The predicted octanol–water partition coefficient (Wildman–Crippen LogP) is 2.48. The van der Waals surface area contributed by atoms with Crippen LogP contribution >= 0.6 is 15.9 Å². The molecule has 1 aromatic rings. The van der Waals surface area contributed by atoms with Gasteiger partial charge in [0.1, 0.15) is 5.69 Å².